The lowest BCUT2D eigenvalue weighted by Gasteiger charge is -2.27. The van der Waals surface area contributed by atoms with Gasteiger partial charge in [0.2, 0.25) is 17.7 Å². The Bertz CT molecular complexity index is 1650. The maximum atomic E-state index is 13.4. The zero-order chi connectivity index (χ0) is 31.1. The molecule has 228 valence electrons. The Hall–Kier alpha value is -4.33. The second kappa shape index (κ2) is 13.8. The molecule has 0 atom stereocenters. The lowest BCUT2D eigenvalue weighted by Crippen LogP contribution is -2.37. The number of carboxylic acid groups (broad SMARTS) is 1. The fourth-order valence-corrected chi connectivity index (χ4v) is 4.78. The third-order valence-electron chi connectivity index (χ3n) is 6.77. The topological polar surface area (TPSA) is 151 Å². The van der Waals surface area contributed by atoms with Gasteiger partial charge in [-0.25, -0.2) is 14.2 Å². The summed E-state index contributed by atoms with van der Waals surface area (Å²) >= 11 is 5.85. The summed E-state index contributed by atoms with van der Waals surface area (Å²) in [5.41, 5.74) is 1.07. The largest absolute Gasteiger partial charge is 0.490 e. The number of carbonyl (C=O) groups is 2. The molecule has 5 rings (SSSR count). The summed E-state index contributed by atoms with van der Waals surface area (Å²) in [6.45, 7) is 0. The van der Waals surface area contributed by atoms with Gasteiger partial charge in [-0.2, -0.15) is 13.2 Å². The molecule has 0 bridgehead atoms. The molecule has 3 N–H and O–H groups in total. The van der Waals surface area contributed by atoms with E-state index >= 15 is 0 Å². The number of amides is 1. The summed E-state index contributed by atoms with van der Waals surface area (Å²) in [7, 11) is 0. The van der Waals surface area contributed by atoms with Gasteiger partial charge in [-0.3, -0.25) is 9.59 Å². The number of aromatic nitrogens is 4. The maximum Gasteiger partial charge on any atom is 0.490 e. The average molecular weight is 624 g/mol. The predicted octanol–water partition coefficient (Wildman–Crippen LogP) is 5.56. The summed E-state index contributed by atoms with van der Waals surface area (Å²) in [6, 6.07) is 11.6. The van der Waals surface area contributed by atoms with Gasteiger partial charge in [-0.15, -0.1) is 10.2 Å². The van der Waals surface area contributed by atoms with Crippen LogP contribution in [0.4, 0.5) is 17.6 Å². The lowest BCUT2D eigenvalue weighted by molar-refractivity contribution is -0.192. The molecule has 0 spiro atoms. The summed E-state index contributed by atoms with van der Waals surface area (Å²) in [6.07, 6.45) is -0.326. The van der Waals surface area contributed by atoms with E-state index in [1.165, 1.54) is 12.1 Å². The molecule has 0 unspecified atom stereocenters. The third-order valence-corrected chi connectivity index (χ3v) is 7.06. The highest BCUT2D eigenvalue weighted by Gasteiger charge is 2.38. The molecule has 0 aliphatic heterocycles. The number of halogens is 5. The van der Waals surface area contributed by atoms with Gasteiger partial charge in [-0.05, 0) is 62.4 Å². The van der Waals surface area contributed by atoms with Crippen molar-refractivity contribution in [3.8, 4) is 11.5 Å². The van der Waals surface area contributed by atoms with E-state index in [1.807, 2.05) is 12.1 Å². The molecule has 0 saturated heterocycles. The Labute approximate surface area is 246 Å². The molecule has 1 fully saturated rings. The van der Waals surface area contributed by atoms with Gasteiger partial charge in [0.1, 0.15) is 11.6 Å². The number of carbonyl (C=O) groups excluding carboxylic acids is 1. The molecule has 2 heterocycles. The van der Waals surface area contributed by atoms with Crippen molar-refractivity contribution in [1.29, 1.82) is 0 Å². The van der Waals surface area contributed by atoms with E-state index in [2.05, 4.69) is 25.5 Å². The number of nitrogens with zero attached hydrogens (tertiary/aromatic N) is 3. The Morgan fingerprint density at radius 2 is 1.79 bits per heavy atom. The van der Waals surface area contributed by atoms with E-state index in [0.29, 0.717) is 53.3 Å². The maximum absolute atomic E-state index is 13.4. The Morgan fingerprint density at radius 1 is 1.09 bits per heavy atom. The quantitative estimate of drug-likeness (QED) is 0.226. The van der Waals surface area contributed by atoms with Crippen LogP contribution in [0.2, 0.25) is 5.02 Å². The molecular weight excluding hydrogens is 598 g/mol. The van der Waals surface area contributed by atoms with E-state index in [9.17, 15) is 27.2 Å². The minimum absolute atomic E-state index is 0.00477. The van der Waals surface area contributed by atoms with E-state index < -0.39 is 18.0 Å². The van der Waals surface area contributed by atoms with Crippen LogP contribution in [-0.4, -0.2) is 49.4 Å². The van der Waals surface area contributed by atoms with Gasteiger partial charge in [0.15, 0.2) is 0 Å². The first-order valence-corrected chi connectivity index (χ1v) is 13.6. The predicted molar refractivity (Wildman–Crippen MR) is 147 cm³/mol. The van der Waals surface area contributed by atoms with Gasteiger partial charge >= 0.3 is 12.1 Å². The van der Waals surface area contributed by atoms with Crippen molar-refractivity contribution in [3.05, 3.63) is 75.4 Å². The van der Waals surface area contributed by atoms with Crippen molar-refractivity contribution in [3.63, 3.8) is 0 Å². The van der Waals surface area contributed by atoms with Crippen molar-refractivity contribution in [1.82, 2.24) is 25.5 Å². The SMILES string of the molecule is O=C(CCCc1nc2ccccc2c(=O)[nH]1)NC1CCC(c2nnc(-c3ccc(F)c(Cl)c3)o2)CC1.O=C(O)C(F)(F)F. The molecule has 2 aromatic carbocycles. The number of hydrogen-bond donors (Lipinski definition) is 3. The number of H-pyrrole nitrogens is 1. The number of fused-ring (bicyclic) bond motifs is 1. The number of rotatable bonds is 7. The number of aromatic amines is 1. The number of carboxylic acids is 1. The summed E-state index contributed by atoms with van der Waals surface area (Å²) in [5, 5.41) is 19.1. The summed E-state index contributed by atoms with van der Waals surface area (Å²) < 4.78 is 51.0. The zero-order valence-corrected chi connectivity index (χ0v) is 23.2. The molecule has 10 nitrogen and oxygen atoms in total. The highest BCUT2D eigenvalue weighted by Crippen LogP contribution is 2.34. The molecule has 4 aromatic rings. The number of nitrogens with one attached hydrogen (secondary N) is 2. The monoisotopic (exact) mass is 623 g/mol. The van der Waals surface area contributed by atoms with Crippen LogP contribution in [0.25, 0.3) is 22.4 Å². The lowest BCUT2D eigenvalue weighted by atomic mass is 9.86. The van der Waals surface area contributed by atoms with Crippen LogP contribution < -0.4 is 10.9 Å². The summed E-state index contributed by atoms with van der Waals surface area (Å²) in [5.74, 6) is -1.69. The van der Waals surface area contributed by atoms with E-state index in [-0.39, 0.29) is 28.4 Å². The van der Waals surface area contributed by atoms with E-state index in [1.54, 1.807) is 18.2 Å². The molecule has 1 aliphatic rings. The van der Waals surface area contributed by atoms with E-state index in [4.69, 9.17) is 25.9 Å². The van der Waals surface area contributed by atoms with Crippen LogP contribution >= 0.6 is 11.6 Å². The molecule has 2 aromatic heterocycles. The van der Waals surface area contributed by atoms with Crippen molar-refractivity contribution in [2.45, 2.75) is 63.1 Å². The minimum atomic E-state index is -5.08. The number of alkyl halides is 3. The molecule has 15 heteroatoms. The second-order valence-electron chi connectivity index (χ2n) is 9.88. The third kappa shape index (κ3) is 8.60. The normalized spacial score (nSPS) is 16.8. The zero-order valence-electron chi connectivity index (χ0n) is 22.5. The van der Waals surface area contributed by atoms with Gasteiger partial charge in [-0.1, -0.05) is 23.7 Å². The minimum Gasteiger partial charge on any atom is -0.475 e. The van der Waals surface area contributed by atoms with Gasteiger partial charge in [0.25, 0.3) is 5.56 Å². The second-order valence-corrected chi connectivity index (χ2v) is 10.3. The fraction of sp³-hybridized carbons (Fsp3) is 0.357. The Morgan fingerprint density at radius 3 is 2.47 bits per heavy atom. The van der Waals surface area contributed by atoms with Crippen LogP contribution in [0.3, 0.4) is 0 Å². The Balaban J connectivity index is 0.000000541. The molecular formula is C28H26ClF4N5O5. The van der Waals surface area contributed by atoms with Crippen LogP contribution in [-0.2, 0) is 16.0 Å². The number of benzene rings is 2. The first kappa shape index (κ1) is 31.6. The number of aryl methyl sites for hydroxylation is 1. The van der Waals surface area contributed by atoms with E-state index in [0.717, 1.165) is 25.7 Å². The van der Waals surface area contributed by atoms with Crippen molar-refractivity contribution in [2.24, 2.45) is 0 Å². The van der Waals surface area contributed by atoms with Crippen molar-refractivity contribution in [2.75, 3.05) is 0 Å². The van der Waals surface area contributed by atoms with Crippen molar-refractivity contribution < 1.29 is 36.7 Å². The fourth-order valence-electron chi connectivity index (χ4n) is 4.60. The van der Waals surface area contributed by atoms with Crippen LogP contribution in [0.15, 0.2) is 51.7 Å². The highest BCUT2D eigenvalue weighted by molar-refractivity contribution is 6.31. The van der Waals surface area contributed by atoms with Crippen LogP contribution in [0, 0.1) is 5.82 Å². The smallest absolute Gasteiger partial charge is 0.475 e. The molecule has 43 heavy (non-hydrogen) atoms. The first-order valence-electron chi connectivity index (χ1n) is 13.3. The number of hydrogen-bond acceptors (Lipinski definition) is 7. The molecule has 0 radical (unpaired) electrons. The van der Waals surface area contributed by atoms with Gasteiger partial charge in [0.05, 0.1) is 15.9 Å². The standard InChI is InChI=1S/C26H25ClFN5O3.C2HF3O2/c27-19-14-16(10-13-20(19)28)26-33-32-25(36-26)15-8-11-17(12-9-15)29-23(34)7-3-6-22-30-21-5-2-1-4-18(21)24(35)31-22;3-2(4,5)1(6)7/h1-2,4-5,10,13-15,17H,3,6-9,11-12H2,(H,29,34)(H,30,31,35);(H,6,7). The van der Waals surface area contributed by atoms with Gasteiger partial charge < -0.3 is 19.8 Å². The number of para-hydroxylation sites is 1. The highest BCUT2D eigenvalue weighted by atomic mass is 35.5. The number of aliphatic carboxylic acids is 1. The molecule has 1 amide bonds. The molecule has 1 saturated carbocycles. The van der Waals surface area contributed by atoms with Crippen LogP contribution in [0.5, 0.6) is 0 Å². The average Bonchev–Trinajstić information content (AvgIpc) is 3.45. The molecule has 1 aliphatic carbocycles. The Kier molecular flexibility index (Phi) is 10.1. The first-order chi connectivity index (χ1) is 20.4. The van der Waals surface area contributed by atoms with Gasteiger partial charge in [0, 0.05) is 30.4 Å². The van der Waals surface area contributed by atoms with Crippen molar-refractivity contribution >= 4 is 34.4 Å². The van der Waals surface area contributed by atoms with Crippen LogP contribution in [0.1, 0.15) is 56.2 Å². The summed E-state index contributed by atoms with van der Waals surface area (Å²) in [4.78, 5) is 40.8.